The van der Waals surface area contributed by atoms with E-state index in [0.29, 0.717) is 36.8 Å². The zero-order valence-corrected chi connectivity index (χ0v) is 19.2. The molecule has 1 unspecified atom stereocenters. The number of benzene rings is 1. The second kappa shape index (κ2) is 10.6. The predicted molar refractivity (Wildman–Crippen MR) is 122 cm³/mol. The molecule has 3 rings (SSSR count). The Kier molecular flexibility index (Phi) is 7.85. The van der Waals surface area contributed by atoms with Gasteiger partial charge in [-0.15, -0.1) is 0 Å². The van der Waals surface area contributed by atoms with Crippen LogP contribution in [-0.2, 0) is 22.6 Å². The second-order valence-corrected chi connectivity index (χ2v) is 8.46. The van der Waals surface area contributed by atoms with Crippen molar-refractivity contribution in [3.05, 3.63) is 52.4 Å². The number of aromatic nitrogens is 2. The molecule has 1 aliphatic rings. The highest BCUT2D eigenvalue weighted by Gasteiger charge is 2.26. The molecule has 1 N–H and O–H groups in total. The lowest BCUT2D eigenvalue weighted by molar-refractivity contribution is -0.132. The zero-order valence-electron chi connectivity index (χ0n) is 18.4. The van der Waals surface area contributed by atoms with E-state index in [1.165, 1.54) is 6.92 Å². The highest BCUT2D eigenvalue weighted by atomic mass is 35.5. The number of nitrogens with zero attached hydrogens (tertiary/aromatic N) is 4. The summed E-state index contributed by atoms with van der Waals surface area (Å²) in [6.45, 7) is 3.31. The van der Waals surface area contributed by atoms with Gasteiger partial charge < -0.3 is 15.1 Å². The molecule has 2 amide bonds. The molecule has 0 radical (unpaired) electrons. The summed E-state index contributed by atoms with van der Waals surface area (Å²) in [6.07, 6.45) is 3.10. The Morgan fingerprint density at radius 2 is 2.00 bits per heavy atom. The maximum absolute atomic E-state index is 12.8. The van der Waals surface area contributed by atoms with E-state index in [-0.39, 0.29) is 17.7 Å². The van der Waals surface area contributed by atoms with E-state index in [1.54, 1.807) is 11.9 Å². The molecule has 31 heavy (non-hydrogen) atoms. The summed E-state index contributed by atoms with van der Waals surface area (Å²) in [5, 5.41) is 3.78. The van der Waals surface area contributed by atoms with Crippen LogP contribution in [0.4, 0.5) is 5.82 Å². The summed E-state index contributed by atoms with van der Waals surface area (Å²) in [4.78, 5) is 37.2. The smallest absolute Gasteiger partial charge is 0.222 e. The van der Waals surface area contributed by atoms with Crippen molar-refractivity contribution in [2.45, 2.75) is 45.1 Å². The van der Waals surface area contributed by atoms with Gasteiger partial charge in [0.2, 0.25) is 11.8 Å². The number of carbonyl (C=O) groups excluding carboxylic acids is 2. The van der Waals surface area contributed by atoms with Crippen molar-refractivity contribution < 1.29 is 9.59 Å². The fourth-order valence-electron chi connectivity index (χ4n) is 3.75. The van der Waals surface area contributed by atoms with E-state index in [9.17, 15) is 9.59 Å². The minimum absolute atomic E-state index is 0.0323. The molecular formula is C23H30ClN5O2. The molecule has 8 heteroatoms. The van der Waals surface area contributed by atoms with Crippen molar-refractivity contribution in [1.29, 1.82) is 0 Å². The quantitative estimate of drug-likeness (QED) is 0.708. The summed E-state index contributed by atoms with van der Waals surface area (Å²) in [5.41, 5.74) is 2.03. The number of piperidine rings is 1. The second-order valence-electron chi connectivity index (χ2n) is 8.02. The molecule has 166 valence electrons. The minimum Gasteiger partial charge on any atom is -0.373 e. The molecule has 0 saturated carbocycles. The van der Waals surface area contributed by atoms with Crippen molar-refractivity contribution >= 4 is 29.2 Å². The first-order valence-electron chi connectivity index (χ1n) is 10.6. The van der Waals surface area contributed by atoms with Gasteiger partial charge in [0.05, 0.1) is 12.2 Å². The number of aryl methyl sites for hydroxylation is 1. The van der Waals surface area contributed by atoms with Crippen molar-refractivity contribution in [2.75, 3.05) is 32.5 Å². The van der Waals surface area contributed by atoms with Crippen molar-refractivity contribution in [3.8, 4) is 0 Å². The summed E-state index contributed by atoms with van der Waals surface area (Å²) >= 11 is 5.94. The number of hydrogen-bond donors (Lipinski definition) is 1. The van der Waals surface area contributed by atoms with E-state index in [2.05, 4.69) is 10.3 Å². The van der Waals surface area contributed by atoms with Gasteiger partial charge >= 0.3 is 0 Å². The topological polar surface area (TPSA) is 78.4 Å². The van der Waals surface area contributed by atoms with Crippen LogP contribution < -0.4 is 5.32 Å². The van der Waals surface area contributed by atoms with Gasteiger partial charge in [0.25, 0.3) is 0 Å². The Labute approximate surface area is 188 Å². The largest absolute Gasteiger partial charge is 0.373 e. The molecule has 1 atom stereocenters. The highest BCUT2D eigenvalue weighted by Crippen LogP contribution is 2.27. The van der Waals surface area contributed by atoms with Gasteiger partial charge in [-0.3, -0.25) is 9.59 Å². The van der Waals surface area contributed by atoms with E-state index in [4.69, 9.17) is 16.6 Å². The first-order chi connectivity index (χ1) is 14.9. The molecule has 0 aliphatic carbocycles. The standard InChI is InChI=1S/C23H30ClN5O2/c1-16(30)28(3)15-22-26-20(13-21(25-2)27-22)18-5-4-12-29(14-18)23(31)11-8-17-6-9-19(24)10-7-17/h6-7,9-10,13,18H,4-5,8,11-12,14-15H2,1-3H3,(H,25,26,27). The van der Waals surface area contributed by atoms with Crippen LogP contribution in [0.25, 0.3) is 0 Å². The number of nitrogens with one attached hydrogen (secondary N) is 1. The first kappa shape index (κ1) is 23.0. The third-order valence-corrected chi connectivity index (χ3v) is 5.95. The summed E-state index contributed by atoms with van der Waals surface area (Å²) in [6, 6.07) is 9.59. The van der Waals surface area contributed by atoms with Crippen LogP contribution in [0.2, 0.25) is 5.02 Å². The zero-order chi connectivity index (χ0) is 22.4. The summed E-state index contributed by atoms with van der Waals surface area (Å²) < 4.78 is 0. The van der Waals surface area contributed by atoms with Crippen molar-refractivity contribution in [2.24, 2.45) is 0 Å². The van der Waals surface area contributed by atoms with Gasteiger partial charge in [0.15, 0.2) is 0 Å². The minimum atomic E-state index is -0.0323. The number of rotatable bonds is 7. The molecule has 0 spiro atoms. The van der Waals surface area contributed by atoms with Gasteiger partial charge in [-0.2, -0.15) is 0 Å². The van der Waals surface area contributed by atoms with Crippen LogP contribution in [0.3, 0.4) is 0 Å². The lowest BCUT2D eigenvalue weighted by Gasteiger charge is -2.33. The molecule has 7 nitrogen and oxygen atoms in total. The fraction of sp³-hybridized carbons (Fsp3) is 0.478. The summed E-state index contributed by atoms with van der Waals surface area (Å²) in [7, 11) is 3.55. The van der Waals surface area contributed by atoms with Crippen LogP contribution in [0.1, 0.15) is 49.2 Å². The molecule has 2 aromatic rings. The van der Waals surface area contributed by atoms with Crippen LogP contribution in [-0.4, -0.2) is 58.8 Å². The van der Waals surface area contributed by atoms with Gasteiger partial charge in [-0.1, -0.05) is 23.7 Å². The molecule has 1 aliphatic heterocycles. The van der Waals surface area contributed by atoms with Crippen LogP contribution >= 0.6 is 11.6 Å². The average molecular weight is 444 g/mol. The highest BCUT2D eigenvalue weighted by molar-refractivity contribution is 6.30. The molecule has 0 bridgehead atoms. The van der Waals surface area contributed by atoms with E-state index < -0.39 is 0 Å². The third kappa shape index (κ3) is 6.40. The SMILES string of the molecule is CNc1cc(C2CCCN(C(=O)CCc3ccc(Cl)cc3)C2)nc(CN(C)C(C)=O)n1. The van der Waals surface area contributed by atoms with Crippen LogP contribution in [0.15, 0.2) is 30.3 Å². The number of hydrogen-bond acceptors (Lipinski definition) is 5. The van der Waals surface area contributed by atoms with Gasteiger partial charge in [0.1, 0.15) is 11.6 Å². The third-order valence-electron chi connectivity index (χ3n) is 5.70. The Bertz CT molecular complexity index is 919. The van der Waals surface area contributed by atoms with E-state index in [0.717, 1.165) is 36.5 Å². The maximum Gasteiger partial charge on any atom is 0.222 e. The van der Waals surface area contributed by atoms with Crippen molar-refractivity contribution in [1.82, 2.24) is 19.8 Å². The van der Waals surface area contributed by atoms with Gasteiger partial charge in [-0.05, 0) is 37.0 Å². The average Bonchev–Trinajstić information content (AvgIpc) is 2.78. The molecule has 1 saturated heterocycles. The monoisotopic (exact) mass is 443 g/mol. The number of likely N-dealkylation sites (tertiary alicyclic amines) is 1. The Morgan fingerprint density at radius 1 is 1.26 bits per heavy atom. The lowest BCUT2D eigenvalue weighted by Crippen LogP contribution is -2.39. The molecule has 1 aromatic heterocycles. The number of anilines is 1. The Morgan fingerprint density at radius 3 is 2.68 bits per heavy atom. The summed E-state index contributed by atoms with van der Waals surface area (Å²) in [5.74, 6) is 1.62. The van der Waals surface area contributed by atoms with E-state index in [1.807, 2.05) is 42.3 Å². The molecule has 2 heterocycles. The van der Waals surface area contributed by atoms with Gasteiger partial charge in [0, 0.05) is 57.5 Å². The maximum atomic E-state index is 12.8. The molecular weight excluding hydrogens is 414 g/mol. The van der Waals surface area contributed by atoms with Gasteiger partial charge in [-0.25, -0.2) is 9.97 Å². The lowest BCUT2D eigenvalue weighted by atomic mass is 9.94. The normalized spacial score (nSPS) is 16.1. The predicted octanol–water partition coefficient (Wildman–Crippen LogP) is 3.49. The molecule has 1 aromatic carbocycles. The fourth-order valence-corrected chi connectivity index (χ4v) is 3.88. The number of amides is 2. The van der Waals surface area contributed by atoms with E-state index >= 15 is 0 Å². The Hall–Kier alpha value is -2.67. The Balaban J connectivity index is 1.66. The van der Waals surface area contributed by atoms with Crippen LogP contribution in [0, 0.1) is 0 Å². The number of halogens is 1. The number of carbonyl (C=O) groups is 2. The van der Waals surface area contributed by atoms with Crippen molar-refractivity contribution in [3.63, 3.8) is 0 Å². The van der Waals surface area contributed by atoms with Crippen LogP contribution in [0.5, 0.6) is 0 Å². The first-order valence-corrected chi connectivity index (χ1v) is 11.0. The molecule has 1 fully saturated rings.